The number of rotatable bonds is 4. The van der Waals surface area contributed by atoms with Crippen molar-refractivity contribution in [3.05, 3.63) is 28.9 Å². The molecule has 3 N–H and O–H groups in total. The number of nitrogens with zero attached hydrogens (tertiary/aromatic N) is 1. The van der Waals surface area contributed by atoms with Crippen molar-refractivity contribution in [2.24, 2.45) is 5.92 Å². The average Bonchev–Trinajstić information content (AvgIpc) is 2.57. The Labute approximate surface area is 169 Å². The van der Waals surface area contributed by atoms with Gasteiger partial charge in [0.2, 0.25) is 0 Å². The summed E-state index contributed by atoms with van der Waals surface area (Å²) in [4.78, 5) is 16.5. The van der Waals surface area contributed by atoms with Crippen LogP contribution in [0, 0.1) is 5.92 Å². The first kappa shape index (κ1) is 19.9. The molecule has 0 spiro atoms. The number of fused-ring (bicyclic) bond motifs is 1. The standard InChI is InChI=1S/C21H28BrN3O2/c1-21(2,3)27-19(26)10-13-4-7-15(8-5-13)25-20-16-11-14(22)6-9-18(16)24-12-17(20)23/h6,9,11-13,15H,4-5,7-8,10,23H2,1-3H3,(H,24,25). The fourth-order valence-electron chi connectivity index (χ4n) is 3.68. The SMILES string of the molecule is CC(C)(C)OC(=O)CC1CCC(Nc2c(N)cnc3ccc(Br)cc23)CC1. The number of nitrogen functional groups attached to an aromatic ring is 1. The van der Waals surface area contributed by atoms with Crippen molar-refractivity contribution >= 4 is 44.2 Å². The predicted molar refractivity (Wildman–Crippen MR) is 114 cm³/mol. The third kappa shape index (κ3) is 5.34. The number of carbonyl (C=O) groups is 1. The van der Waals surface area contributed by atoms with Crippen LogP contribution < -0.4 is 11.1 Å². The van der Waals surface area contributed by atoms with Crippen molar-refractivity contribution in [3.63, 3.8) is 0 Å². The maximum Gasteiger partial charge on any atom is 0.306 e. The Bertz CT molecular complexity index is 819. The van der Waals surface area contributed by atoms with E-state index < -0.39 is 5.60 Å². The minimum absolute atomic E-state index is 0.0897. The number of nitrogens with two attached hydrogens (primary N) is 1. The van der Waals surface area contributed by atoms with Gasteiger partial charge in [-0.05, 0) is 70.6 Å². The van der Waals surface area contributed by atoms with Crippen LogP contribution in [0.15, 0.2) is 28.9 Å². The molecule has 146 valence electrons. The van der Waals surface area contributed by atoms with Crippen LogP contribution in [0.5, 0.6) is 0 Å². The fraction of sp³-hybridized carbons (Fsp3) is 0.524. The molecular weight excluding hydrogens is 406 g/mol. The Hall–Kier alpha value is -1.82. The van der Waals surface area contributed by atoms with E-state index in [9.17, 15) is 4.79 Å². The van der Waals surface area contributed by atoms with Gasteiger partial charge >= 0.3 is 5.97 Å². The molecule has 6 heteroatoms. The molecule has 0 aliphatic heterocycles. The highest BCUT2D eigenvalue weighted by Gasteiger charge is 2.26. The van der Waals surface area contributed by atoms with Gasteiger partial charge in [-0.1, -0.05) is 15.9 Å². The number of benzene rings is 1. The summed E-state index contributed by atoms with van der Waals surface area (Å²) in [5, 5.41) is 4.66. The Kier molecular flexibility index (Phi) is 5.94. The van der Waals surface area contributed by atoms with Crippen molar-refractivity contribution < 1.29 is 9.53 Å². The lowest BCUT2D eigenvalue weighted by Gasteiger charge is -2.30. The molecule has 3 rings (SSSR count). The predicted octanol–water partition coefficient (Wildman–Crippen LogP) is 5.28. The second-order valence-corrected chi connectivity index (χ2v) is 9.32. The second-order valence-electron chi connectivity index (χ2n) is 8.40. The van der Waals surface area contributed by atoms with Crippen LogP contribution in [-0.2, 0) is 9.53 Å². The number of hydrogen-bond donors (Lipinski definition) is 2. The Morgan fingerprint density at radius 3 is 2.67 bits per heavy atom. The monoisotopic (exact) mass is 433 g/mol. The third-order valence-electron chi connectivity index (χ3n) is 4.93. The number of carbonyl (C=O) groups excluding carboxylic acids is 1. The fourth-order valence-corrected chi connectivity index (χ4v) is 4.04. The summed E-state index contributed by atoms with van der Waals surface area (Å²) < 4.78 is 6.46. The zero-order valence-electron chi connectivity index (χ0n) is 16.2. The van der Waals surface area contributed by atoms with E-state index in [1.165, 1.54) is 0 Å². The zero-order chi connectivity index (χ0) is 19.6. The van der Waals surface area contributed by atoms with Crippen LogP contribution in [0.1, 0.15) is 52.9 Å². The van der Waals surface area contributed by atoms with E-state index in [-0.39, 0.29) is 5.97 Å². The highest BCUT2D eigenvalue weighted by atomic mass is 79.9. The van der Waals surface area contributed by atoms with Gasteiger partial charge in [0, 0.05) is 22.3 Å². The van der Waals surface area contributed by atoms with Gasteiger partial charge in [0.15, 0.2) is 0 Å². The van der Waals surface area contributed by atoms with Crippen LogP contribution >= 0.6 is 15.9 Å². The summed E-state index contributed by atoms with van der Waals surface area (Å²) in [6.45, 7) is 5.73. The molecule has 0 amide bonds. The highest BCUT2D eigenvalue weighted by molar-refractivity contribution is 9.10. The van der Waals surface area contributed by atoms with E-state index in [1.54, 1.807) is 6.20 Å². The lowest BCUT2D eigenvalue weighted by Crippen LogP contribution is -2.29. The summed E-state index contributed by atoms with van der Waals surface area (Å²) >= 11 is 3.53. The van der Waals surface area contributed by atoms with E-state index in [2.05, 4.69) is 32.3 Å². The van der Waals surface area contributed by atoms with Crippen LogP contribution in [0.3, 0.4) is 0 Å². The van der Waals surface area contributed by atoms with Gasteiger partial charge in [0.05, 0.1) is 23.1 Å². The zero-order valence-corrected chi connectivity index (χ0v) is 17.8. The molecule has 1 fully saturated rings. The Balaban J connectivity index is 1.61. The number of nitrogens with one attached hydrogen (secondary N) is 1. The van der Waals surface area contributed by atoms with Gasteiger partial charge in [-0.3, -0.25) is 9.78 Å². The van der Waals surface area contributed by atoms with Crippen molar-refractivity contribution in [3.8, 4) is 0 Å². The van der Waals surface area contributed by atoms with Crippen molar-refractivity contribution in [1.82, 2.24) is 4.98 Å². The van der Waals surface area contributed by atoms with Crippen LogP contribution in [0.25, 0.3) is 10.9 Å². The Morgan fingerprint density at radius 2 is 2.00 bits per heavy atom. The first-order chi connectivity index (χ1) is 12.7. The molecule has 0 unspecified atom stereocenters. The van der Waals surface area contributed by atoms with Crippen LogP contribution in [0.2, 0.25) is 0 Å². The largest absolute Gasteiger partial charge is 0.460 e. The van der Waals surface area contributed by atoms with Crippen molar-refractivity contribution in [1.29, 1.82) is 0 Å². The lowest BCUT2D eigenvalue weighted by atomic mass is 9.84. The molecule has 1 saturated carbocycles. The van der Waals surface area contributed by atoms with Crippen molar-refractivity contribution in [2.45, 2.75) is 64.5 Å². The van der Waals surface area contributed by atoms with E-state index in [0.29, 0.717) is 24.1 Å². The summed E-state index contributed by atoms with van der Waals surface area (Å²) in [5.41, 5.74) is 8.34. The third-order valence-corrected chi connectivity index (χ3v) is 5.42. The highest BCUT2D eigenvalue weighted by Crippen LogP contribution is 2.34. The van der Waals surface area contributed by atoms with Gasteiger partial charge in [0.1, 0.15) is 5.60 Å². The molecule has 2 aromatic rings. The van der Waals surface area contributed by atoms with E-state index >= 15 is 0 Å². The normalized spacial score (nSPS) is 20.4. The maximum absolute atomic E-state index is 12.1. The number of aromatic nitrogens is 1. The summed E-state index contributed by atoms with van der Waals surface area (Å²) in [6, 6.07) is 6.38. The molecule has 1 aromatic carbocycles. The molecule has 1 aliphatic carbocycles. The average molecular weight is 434 g/mol. The van der Waals surface area contributed by atoms with Gasteiger partial charge in [-0.15, -0.1) is 0 Å². The number of ether oxygens (including phenoxy) is 1. The number of hydrogen-bond acceptors (Lipinski definition) is 5. The van der Waals surface area contributed by atoms with Crippen LogP contribution in [-0.4, -0.2) is 22.6 Å². The summed E-state index contributed by atoms with van der Waals surface area (Å²) in [6.07, 6.45) is 6.30. The first-order valence-electron chi connectivity index (χ1n) is 9.53. The molecule has 0 saturated heterocycles. The van der Waals surface area contributed by atoms with Gasteiger partial charge in [-0.25, -0.2) is 0 Å². The molecule has 1 aliphatic rings. The van der Waals surface area contributed by atoms with Gasteiger partial charge in [-0.2, -0.15) is 0 Å². The van der Waals surface area contributed by atoms with Crippen molar-refractivity contribution in [2.75, 3.05) is 11.1 Å². The molecular formula is C21H28BrN3O2. The first-order valence-corrected chi connectivity index (χ1v) is 10.3. The smallest absolute Gasteiger partial charge is 0.306 e. The van der Waals surface area contributed by atoms with Gasteiger partial charge < -0.3 is 15.8 Å². The number of pyridine rings is 1. The lowest BCUT2D eigenvalue weighted by molar-refractivity contribution is -0.156. The van der Waals surface area contributed by atoms with E-state index in [4.69, 9.17) is 10.5 Å². The maximum atomic E-state index is 12.1. The molecule has 1 heterocycles. The van der Waals surface area contributed by atoms with E-state index in [1.807, 2.05) is 32.9 Å². The Morgan fingerprint density at radius 1 is 1.30 bits per heavy atom. The topological polar surface area (TPSA) is 77.2 Å². The number of halogens is 1. The number of anilines is 2. The van der Waals surface area contributed by atoms with Gasteiger partial charge in [0.25, 0.3) is 0 Å². The number of esters is 1. The second kappa shape index (κ2) is 8.05. The summed E-state index contributed by atoms with van der Waals surface area (Å²) in [7, 11) is 0. The molecule has 5 nitrogen and oxygen atoms in total. The molecule has 1 aromatic heterocycles. The molecule has 27 heavy (non-hydrogen) atoms. The van der Waals surface area contributed by atoms with E-state index in [0.717, 1.165) is 46.7 Å². The molecule has 0 radical (unpaired) electrons. The summed E-state index contributed by atoms with van der Waals surface area (Å²) in [5.74, 6) is 0.312. The molecule has 0 atom stereocenters. The minimum Gasteiger partial charge on any atom is -0.460 e. The van der Waals surface area contributed by atoms with Crippen LogP contribution in [0.4, 0.5) is 11.4 Å². The minimum atomic E-state index is -0.413. The molecule has 0 bridgehead atoms. The quantitative estimate of drug-likeness (QED) is 0.640.